The first-order valence-corrected chi connectivity index (χ1v) is 8.81. The SMILES string of the molecule is N/C(=N\C1=NC(c2ccccc2)(c2ccccc2)C(=O)N1)N1CCCC1. The number of hydrogen-bond acceptors (Lipinski definition) is 3. The number of amides is 1. The average molecular weight is 347 g/mol. The molecule has 2 aliphatic rings. The predicted octanol–water partition coefficient (Wildman–Crippen LogP) is 1.83. The number of nitrogens with two attached hydrogens (primary N) is 1. The Bertz CT molecular complexity index is 815. The molecule has 0 bridgehead atoms. The summed E-state index contributed by atoms with van der Waals surface area (Å²) in [5.74, 6) is 0.438. The quantitative estimate of drug-likeness (QED) is 0.642. The molecular weight excluding hydrogens is 326 g/mol. The third-order valence-corrected chi connectivity index (χ3v) is 4.86. The highest BCUT2D eigenvalue weighted by Crippen LogP contribution is 2.37. The van der Waals surface area contributed by atoms with Crippen LogP contribution in [0.1, 0.15) is 24.0 Å². The van der Waals surface area contributed by atoms with E-state index in [-0.39, 0.29) is 11.9 Å². The van der Waals surface area contributed by atoms with Crippen molar-refractivity contribution in [3.8, 4) is 0 Å². The average Bonchev–Trinajstić information content (AvgIpc) is 3.32. The van der Waals surface area contributed by atoms with Gasteiger partial charge in [-0.2, -0.15) is 4.99 Å². The van der Waals surface area contributed by atoms with E-state index < -0.39 is 5.54 Å². The number of likely N-dealkylation sites (tertiary alicyclic amines) is 1. The van der Waals surface area contributed by atoms with Gasteiger partial charge in [-0.25, -0.2) is 4.99 Å². The zero-order chi connectivity index (χ0) is 18.0. The highest BCUT2D eigenvalue weighted by molar-refractivity contribution is 6.12. The van der Waals surface area contributed by atoms with E-state index >= 15 is 0 Å². The molecule has 2 aliphatic heterocycles. The number of carbonyl (C=O) groups is 1. The molecule has 2 aromatic carbocycles. The van der Waals surface area contributed by atoms with Crippen molar-refractivity contribution in [1.82, 2.24) is 10.2 Å². The maximum atomic E-state index is 13.1. The molecule has 0 atom stereocenters. The van der Waals surface area contributed by atoms with Gasteiger partial charge in [0.15, 0.2) is 11.5 Å². The third kappa shape index (κ3) is 2.73. The summed E-state index contributed by atoms with van der Waals surface area (Å²) in [7, 11) is 0. The minimum absolute atomic E-state index is 0.220. The Morgan fingerprint density at radius 3 is 2.08 bits per heavy atom. The third-order valence-electron chi connectivity index (χ3n) is 4.86. The molecule has 2 aromatic rings. The number of aliphatic imine (C=N–C) groups is 2. The van der Waals surface area contributed by atoms with Crippen LogP contribution >= 0.6 is 0 Å². The van der Waals surface area contributed by atoms with E-state index in [2.05, 4.69) is 10.3 Å². The molecule has 1 fully saturated rings. The van der Waals surface area contributed by atoms with Gasteiger partial charge in [-0.15, -0.1) is 0 Å². The van der Waals surface area contributed by atoms with Crippen LogP contribution in [0.3, 0.4) is 0 Å². The Labute approximate surface area is 152 Å². The standard InChI is InChI=1S/C20H21N5O/c21-18(25-13-7-8-14-25)23-19-22-17(26)20(24-19,15-9-3-1-4-10-15)16-11-5-2-6-12-16/h1-6,9-12H,7-8,13-14H2,(H3,21,22,23,24,26). The van der Waals surface area contributed by atoms with Crippen LogP contribution < -0.4 is 11.1 Å². The maximum absolute atomic E-state index is 13.1. The minimum Gasteiger partial charge on any atom is -0.369 e. The summed E-state index contributed by atoms with van der Waals surface area (Å²) in [4.78, 5) is 24.2. The summed E-state index contributed by atoms with van der Waals surface area (Å²) in [5.41, 5.74) is 6.57. The van der Waals surface area contributed by atoms with Gasteiger partial charge in [-0.05, 0) is 24.0 Å². The molecule has 0 spiro atoms. The van der Waals surface area contributed by atoms with Crippen LogP contribution in [0.25, 0.3) is 0 Å². The molecular formula is C20H21N5O. The fourth-order valence-corrected chi connectivity index (χ4v) is 3.52. The first-order chi connectivity index (χ1) is 12.7. The van der Waals surface area contributed by atoms with E-state index in [0.717, 1.165) is 37.1 Å². The van der Waals surface area contributed by atoms with Gasteiger partial charge >= 0.3 is 0 Å². The van der Waals surface area contributed by atoms with Crippen molar-refractivity contribution < 1.29 is 4.79 Å². The monoisotopic (exact) mass is 347 g/mol. The second-order valence-corrected chi connectivity index (χ2v) is 6.50. The van der Waals surface area contributed by atoms with Crippen molar-refractivity contribution in [2.45, 2.75) is 18.4 Å². The van der Waals surface area contributed by atoms with Gasteiger partial charge in [0, 0.05) is 13.1 Å². The Balaban J connectivity index is 1.80. The molecule has 0 unspecified atom stereocenters. The number of nitrogens with one attached hydrogen (secondary N) is 1. The van der Waals surface area contributed by atoms with Crippen molar-refractivity contribution in [3.05, 3.63) is 71.8 Å². The smallest absolute Gasteiger partial charge is 0.264 e. The van der Waals surface area contributed by atoms with E-state index in [9.17, 15) is 4.79 Å². The van der Waals surface area contributed by atoms with E-state index in [1.54, 1.807) is 0 Å². The largest absolute Gasteiger partial charge is 0.369 e. The lowest BCUT2D eigenvalue weighted by Crippen LogP contribution is -2.39. The van der Waals surface area contributed by atoms with Crippen molar-refractivity contribution in [3.63, 3.8) is 0 Å². The molecule has 6 heteroatoms. The Morgan fingerprint density at radius 2 is 1.54 bits per heavy atom. The van der Waals surface area contributed by atoms with Gasteiger partial charge in [0.2, 0.25) is 5.96 Å². The maximum Gasteiger partial charge on any atom is 0.264 e. The lowest BCUT2D eigenvalue weighted by molar-refractivity contribution is -0.122. The van der Waals surface area contributed by atoms with E-state index in [0.29, 0.717) is 5.96 Å². The summed E-state index contributed by atoms with van der Waals surface area (Å²) in [6, 6.07) is 19.1. The summed E-state index contributed by atoms with van der Waals surface area (Å²) >= 11 is 0. The molecule has 6 nitrogen and oxygen atoms in total. The highest BCUT2D eigenvalue weighted by atomic mass is 16.2. The first-order valence-electron chi connectivity index (χ1n) is 8.81. The molecule has 3 N–H and O–H groups in total. The Kier molecular flexibility index (Phi) is 4.16. The molecule has 0 radical (unpaired) electrons. The Hall–Kier alpha value is -3.15. The van der Waals surface area contributed by atoms with Gasteiger partial charge in [-0.3, -0.25) is 10.1 Å². The molecule has 0 aromatic heterocycles. The van der Waals surface area contributed by atoms with Crippen LogP contribution in [-0.2, 0) is 10.3 Å². The van der Waals surface area contributed by atoms with Crippen LogP contribution in [0.5, 0.6) is 0 Å². The molecule has 0 saturated carbocycles. The lowest BCUT2D eigenvalue weighted by atomic mass is 9.83. The molecule has 26 heavy (non-hydrogen) atoms. The summed E-state index contributed by atoms with van der Waals surface area (Å²) in [5, 5.41) is 2.81. The van der Waals surface area contributed by atoms with Crippen molar-refractivity contribution in [2.75, 3.05) is 13.1 Å². The summed E-state index contributed by atoms with van der Waals surface area (Å²) in [6.07, 6.45) is 2.21. The summed E-state index contributed by atoms with van der Waals surface area (Å²) in [6.45, 7) is 1.78. The fourth-order valence-electron chi connectivity index (χ4n) is 3.52. The van der Waals surface area contributed by atoms with Gasteiger partial charge in [0.25, 0.3) is 5.91 Å². The topological polar surface area (TPSA) is 83.1 Å². The van der Waals surface area contributed by atoms with Crippen LogP contribution in [0.2, 0.25) is 0 Å². The fraction of sp³-hybridized carbons (Fsp3) is 0.250. The van der Waals surface area contributed by atoms with Gasteiger partial charge in [0.1, 0.15) is 0 Å². The van der Waals surface area contributed by atoms with Crippen LogP contribution in [-0.4, -0.2) is 35.8 Å². The van der Waals surface area contributed by atoms with Crippen molar-refractivity contribution in [1.29, 1.82) is 0 Å². The van der Waals surface area contributed by atoms with Gasteiger partial charge < -0.3 is 10.6 Å². The normalized spacial score (nSPS) is 19.4. The highest BCUT2D eigenvalue weighted by Gasteiger charge is 2.47. The molecule has 2 heterocycles. The van der Waals surface area contributed by atoms with Crippen LogP contribution in [0.4, 0.5) is 0 Å². The zero-order valence-electron chi connectivity index (χ0n) is 14.4. The first kappa shape index (κ1) is 16.3. The van der Waals surface area contributed by atoms with Crippen LogP contribution in [0.15, 0.2) is 70.6 Å². The molecule has 1 saturated heterocycles. The number of rotatable bonds is 2. The Morgan fingerprint density at radius 1 is 1.00 bits per heavy atom. The van der Waals surface area contributed by atoms with E-state index in [4.69, 9.17) is 10.7 Å². The number of guanidine groups is 2. The van der Waals surface area contributed by atoms with E-state index in [1.165, 1.54) is 0 Å². The number of nitrogens with zero attached hydrogens (tertiary/aromatic N) is 3. The van der Waals surface area contributed by atoms with Gasteiger partial charge in [0.05, 0.1) is 0 Å². The second-order valence-electron chi connectivity index (χ2n) is 6.50. The number of carbonyl (C=O) groups excluding carboxylic acids is 1. The minimum atomic E-state index is -1.15. The van der Waals surface area contributed by atoms with Crippen LogP contribution in [0, 0.1) is 0 Å². The number of benzene rings is 2. The second kappa shape index (κ2) is 6.63. The lowest BCUT2D eigenvalue weighted by Gasteiger charge is -2.24. The molecule has 132 valence electrons. The molecule has 4 rings (SSSR count). The zero-order valence-corrected chi connectivity index (χ0v) is 14.4. The van der Waals surface area contributed by atoms with Gasteiger partial charge in [-0.1, -0.05) is 60.7 Å². The van der Waals surface area contributed by atoms with E-state index in [1.807, 2.05) is 65.6 Å². The van der Waals surface area contributed by atoms with Crippen molar-refractivity contribution >= 4 is 17.8 Å². The summed E-state index contributed by atoms with van der Waals surface area (Å²) < 4.78 is 0. The van der Waals surface area contributed by atoms with Crippen molar-refractivity contribution in [2.24, 2.45) is 15.7 Å². The number of hydrogen-bond donors (Lipinski definition) is 2. The molecule has 1 amide bonds. The molecule has 0 aliphatic carbocycles. The predicted molar refractivity (Wildman–Crippen MR) is 102 cm³/mol.